The predicted octanol–water partition coefficient (Wildman–Crippen LogP) is 3.82. The number of nitrogens with two attached hydrogens (primary N) is 1. The van der Waals surface area contributed by atoms with Crippen LogP contribution in [-0.4, -0.2) is 46.4 Å². The number of aromatic nitrogens is 2. The molecule has 2 saturated heterocycles. The molecule has 8 heteroatoms. The Labute approximate surface area is 207 Å². The third kappa shape index (κ3) is 3.31. The highest BCUT2D eigenvalue weighted by molar-refractivity contribution is 6.04. The van der Waals surface area contributed by atoms with Gasteiger partial charge in [-0.3, -0.25) is 4.98 Å². The van der Waals surface area contributed by atoms with Gasteiger partial charge in [-0.1, -0.05) is 12.0 Å². The molecule has 0 amide bonds. The summed E-state index contributed by atoms with van der Waals surface area (Å²) < 4.78 is 31.0. The molecule has 0 unspecified atom stereocenters. The minimum atomic E-state index is -0.564. The first-order valence-electron chi connectivity index (χ1n) is 11.9. The van der Waals surface area contributed by atoms with E-state index < -0.39 is 17.7 Å². The lowest BCUT2D eigenvalue weighted by atomic mass is 9.94. The molecule has 2 aromatic carbocycles. The lowest BCUT2D eigenvalue weighted by Gasteiger charge is -2.35. The number of pyridine rings is 2. The summed E-state index contributed by atoms with van der Waals surface area (Å²) in [5.41, 5.74) is 8.37. The van der Waals surface area contributed by atoms with Crippen LogP contribution in [0.15, 0.2) is 30.5 Å². The van der Waals surface area contributed by atoms with Gasteiger partial charge in [0, 0.05) is 58.4 Å². The van der Waals surface area contributed by atoms with Crippen molar-refractivity contribution >= 4 is 33.1 Å². The molecule has 4 aromatic rings. The normalized spacial score (nSPS) is 21.3. The Morgan fingerprint density at radius 1 is 1.19 bits per heavy atom. The van der Waals surface area contributed by atoms with Crippen molar-refractivity contribution in [1.29, 1.82) is 0 Å². The van der Waals surface area contributed by atoms with Crippen LogP contribution in [0.5, 0.6) is 0 Å². The van der Waals surface area contributed by atoms with Crippen molar-refractivity contribution in [3.05, 3.63) is 58.9 Å². The molecule has 6 nitrogen and oxygen atoms in total. The van der Waals surface area contributed by atoms with E-state index in [0.29, 0.717) is 69.4 Å². The Bertz CT molecular complexity index is 1610. The number of aryl methyl sites for hydroxylation is 2. The third-order valence-corrected chi connectivity index (χ3v) is 7.54. The van der Waals surface area contributed by atoms with E-state index in [1.54, 1.807) is 24.4 Å². The van der Waals surface area contributed by atoms with E-state index in [0.717, 1.165) is 0 Å². The number of hydrogen-bond donors (Lipinski definition) is 3. The van der Waals surface area contributed by atoms with Crippen molar-refractivity contribution in [3.63, 3.8) is 0 Å². The van der Waals surface area contributed by atoms with Crippen LogP contribution in [0.1, 0.15) is 23.2 Å². The highest BCUT2D eigenvalue weighted by Gasteiger charge is 2.39. The van der Waals surface area contributed by atoms with Crippen LogP contribution in [0.4, 0.5) is 20.3 Å². The molecule has 2 fully saturated rings. The van der Waals surface area contributed by atoms with Gasteiger partial charge in [-0.15, -0.1) is 6.42 Å². The first-order valence-corrected chi connectivity index (χ1v) is 11.9. The molecular weight excluding hydrogens is 460 g/mol. The van der Waals surface area contributed by atoms with Gasteiger partial charge < -0.3 is 21.1 Å². The minimum absolute atomic E-state index is 0.0435. The Morgan fingerprint density at radius 3 is 2.75 bits per heavy atom. The lowest BCUT2D eigenvalue weighted by molar-refractivity contribution is 0.163. The molecule has 6 rings (SSSR count). The molecule has 2 aliphatic rings. The standard InChI is InChI=1S/C28H25F2N5O/c1-4-18-21(29)6-5-15-7-16(31)8-19(25(15)18)27-26(30)24-13(2)14(3)33-28(20(24)10-32-27)35-11-17-9-23(36)22(12-35)34-17/h1,5-8,10,17,22-23,34,36H,9,11-12,31H2,2-3H3/t17-,22-,23-/m1/s1. The summed E-state index contributed by atoms with van der Waals surface area (Å²) in [6.45, 7) is 4.91. The fourth-order valence-electron chi connectivity index (χ4n) is 5.72. The van der Waals surface area contributed by atoms with Crippen molar-refractivity contribution in [2.45, 2.75) is 38.5 Å². The highest BCUT2D eigenvalue weighted by Crippen LogP contribution is 2.39. The number of halogens is 2. The van der Waals surface area contributed by atoms with Gasteiger partial charge in [0.1, 0.15) is 17.3 Å². The van der Waals surface area contributed by atoms with Crippen LogP contribution in [0, 0.1) is 37.8 Å². The van der Waals surface area contributed by atoms with Crippen molar-refractivity contribution in [2.75, 3.05) is 23.7 Å². The molecule has 3 atom stereocenters. The molecule has 36 heavy (non-hydrogen) atoms. The van der Waals surface area contributed by atoms with Gasteiger partial charge in [-0.05, 0) is 49.4 Å². The second kappa shape index (κ2) is 8.12. The zero-order chi connectivity index (χ0) is 25.3. The monoisotopic (exact) mass is 485 g/mol. The second-order valence-electron chi connectivity index (χ2n) is 9.77. The molecule has 2 aromatic heterocycles. The maximum atomic E-state index is 16.4. The number of hydrogen-bond acceptors (Lipinski definition) is 6. The second-order valence-corrected chi connectivity index (χ2v) is 9.77. The van der Waals surface area contributed by atoms with Crippen molar-refractivity contribution in [3.8, 4) is 23.6 Å². The fraction of sp³-hybridized carbons (Fsp3) is 0.286. The van der Waals surface area contributed by atoms with E-state index in [1.807, 2.05) is 13.8 Å². The van der Waals surface area contributed by atoms with Crippen LogP contribution in [-0.2, 0) is 0 Å². The zero-order valence-corrected chi connectivity index (χ0v) is 19.9. The van der Waals surface area contributed by atoms with Crippen LogP contribution < -0.4 is 16.0 Å². The third-order valence-electron chi connectivity index (χ3n) is 7.54. The summed E-state index contributed by atoms with van der Waals surface area (Å²) in [7, 11) is 0. The molecule has 4 heterocycles. The summed E-state index contributed by atoms with van der Waals surface area (Å²) in [6, 6.07) is 6.21. The molecule has 0 saturated carbocycles. The van der Waals surface area contributed by atoms with E-state index >= 15 is 4.39 Å². The van der Waals surface area contributed by atoms with Crippen LogP contribution in [0.3, 0.4) is 0 Å². The van der Waals surface area contributed by atoms with E-state index in [9.17, 15) is 9.50 Å². The van der Waals surface area contributed by atoms with Gasteiger partial charge in [0.05, 0.1) is 17.7 Å². The SMILES string of the molecule is C#Cc1c(F)ccc2cc(N)cc(-c3ncc4c(N5C[C@H]6C[C@@H](O)[C@@H](C5)N6)nc(C)c(C)c4c3F)c12. The average Bonchev–Trinajstić information content (AvgIpc) is 3.11. The fourth-order valence-corrected chi connectivity index (χ4v) is 5.72. The number of piperazine rings is 1. The Balaban J connectivity index is 1.60. The van der Waals surface area contributed by atoms with E-state index in [2.05, 4.69) is 21.1 Å². The number of anilines is 2. The van der Waals surface area contributed by atoms with E-state index in [1.165, 1.54) is 6.07 Å². The first kappa shape index (κ1) is 22.7. The Morgan fingerprint density at radius 2 is 2.00 bits per heavy atom. The summed E-state index contributed by atoms with van der Waals surface area (Å²) >= 11 is 0. The zero-order valence-electron chi connectivity index (χ0n) is 19.9. The minimum Gasteiger partial charge on any atom is -0.399 e. The van der Waals surface area contributed by atoms with Crippen LogP contribution in [0.2, 0.25) is 0 Å². The van der Waals surface area contributed by atoms with E-state index in [4.69, 9.17) is 17.1 Å². The van der Waals surface area contributed by atoms with Gasteiger partial charge >= 0.3 is 0 Å². The number of nitrogens with one attached hydrogen (secondary N) is 1. The number of benzene rings is 2. The van der Waals surface area contributed by atoms with Crippen molar-refractivity contribution in [2.24, 2.45) is 0 Å². The Kier molecular flexibility index (Phi) is 5.11. The van der Waals surface area contributed by atoms with Crippen molar-refractivity contribution in [1.82, 2.24) is 15.3 Å². The van der Waals surface area contributed by atoms with Crippen LogP contribution in [0.25, 0.3) is 32.8 Å². The first-order chi connectivity index (χ1) is 17.3. The summed E-state index contributed by atoms with van der Waals surface area (Å²) in [4.78, 5) is 11.4. The predicted molar refractivity (Wildman–Crippen MR) is 138 cm³/mol. The molecule has 0 spiro atoms. The number of nitrogens with zero attached hydrogens (tertiary/aromatic N) is 3. The lowest BCUT2D eigenvalue weighted by Crippen LogP contribution is -2.53. The van der Waals surface area contributed by atoms with E-state index in [-0.39, 0.29) is 23.3 Å². The number of nitrogen functional groups attached to an aromatic ring is 1. The molecule has 0 aliphatic carbocycles. The summed E-state index contributed by atoms with van der Waals surface area (Å²) in [5, 5.41) is 15.7. The molecule has 182 valence electrons. The Hall–Kier alpha value is -3.80. The van der Waals surface area contributed by atoms with Gasteiger partial charge in [-0.2, -0.15) is 0 Å². The van der Waals surface area contributed by atoms with Gasteiger partial charge in [0.15, 0.2) is 5.82 Å². The summed E-state index contributed by atoms with van der Waals surface area (Å²) in [6.07, 6.45) is 7.52. The topological polar surface area (TPSA) is 87.3 Å². The van der Waals surface area contributed by atoms with Gasteiger partial charge in [0.25, 0.3) is 0 Å². The largest absolute Gasteiger partial charge is 0.399 e. The number of aliphatic hydroxyl groups is 1. The number of rotatable bonds is 2. The van der Waals surface area contributed by atoms with Gasteiger partial charge in [-0.25, -0.2) is 13.8 Å². The molecule has 0 radical (unpaired) electrons. The number of aliphatic hydroxyl groups excluding tert-OH is 1. The molecule has 2 aliphatic heterocycles. The quantitative estimate of drug-likeness (QED) is 0.296. The smallest absolute Gasteiger partial charge is 0.157 e. The summed E-state index contributed by atoms with van der Waals surface area (Å²) in [5.74, 6) is 1.95. The molecular formula is C28H25F2N5O. The maximum Gasteiger partial charge on any atom is 0.157 e. The number of fused-ring (bicyclic) bond motifs is 4. The maximum absolute atomic E-state index is 16.4. The average molecular weight is 486 g/mol. The highest BCUT2D eigenvalue weighted by atomic mass is 19.1. The molecule has 2 bridgehead atoms. The molecule has 4 N–H and O–H groups in total. The van der Waals surface area contributed by atoms with Crippen LogP contribution >= 0.6 is 0 Å². The number of terminal acetylenes is 1. The van der Waals surface area contributed by atoms with Crippen molar-refractivity contribution < 1.29 is 13.9 Å². The van der Waals surface area contributed by atoms with Gasteiger partial charge in [0.2, 0.25) is 0 Å².